The molecule has 4 N–H and O–H groups in total. The molecule has 0 saturated carbocycles. The zero-order chi connectivity index (χ0) is 16.6. The average Bonchev–Trinajstić information content (AvgIpc) is 2.87. The zero-order valence-electron chi connectivity index (χ0n) is 12.2. The van der Waals surface area contributed by atoms with Crippen LogP contribution in [0.4, 0.5) is 0 Å². The molecule has 0 bridgehead atoms. The maximum absolute atomic E-state index is 12.4. The summed E-state index contributed by atoms with van der Waals surface area (Å²) in [6, 6.07) is 3.48. The Balaban J connectivity index is 2.01. The van der Waals surface area contributed by atoms with E-state index in [1.807, 2.05) is 6.08 Å². The van der Waals surface area contributed by atoms with Crippen molar-refractivity contribution < 1.29 is 9.90 Å². The molecule has 1 aromatic rings. The summed E-state index contributed by atoms with van der Waals surface area (Å²) in [5.74, 6) is 0.609. The van der Waals surface area contributed by atoms with Crippen LogP contribution in [0.25, 0.3) is 0 Å². The molecule has 23 heavy (non-hydrogen) atoms. The lowest BCUT2D eigenvalue weighted by Crippen LogP contribution is -2.27. The van der Waals surface area contributed by atoms with Crippen molar-refractivity contribution in [3.63, 3.8) is 0 Å². The number of aromatic hydroxyl groups is 1. The number of carbonyl (C=O) groups excluding carboxylic acids is 1. The highest BCUT2D eigenvalue weighted by Gasteiger charge is 2.30. The molecule has 6 nitrogen and oxygen atoms in total. The van der Waals surface area contributed by atoms with E-state index in [1.54, 1.807) is 25.4 Å². The number of carbonyl (C=O) groups is 1. The fourth-order valence-corrected chi connectivity index (χ4v) is 3.80. The van der Waals surface area contributed by atoms with Crippen LogP contribution in [0.2, 0.25) is 0 Å². The maximum Gasteiger partial charge on any atom is 0.253 e. The van der Waals surface area contributed by atoms with E-state index in [1.165, 1.54) is 0 Å². The van der Waals surface area contributed by atoms with Gasteiger partial charge < -0.3 is 21.1 Å². The summed E-state index contributed by atoms with van der Waals surface area (Å²) in [5, 5.41) is 18.9. The lowest BCUT2D eigenvalue weighted by molar-refractivity contribution is -0.116. The van der Waals surface area contributed by atoms with E-state index in [9.17, 15) is 9.90 Å². The molecule has 1 unspecified atom stereocenters. The van der Waals surface area contributed by atoms with Gasteiger partial charge in [-0.05, 0) is 55.6 Å². The number of phenolic OH excluding ortho intramolecular Hbond substituents is 1. The van der Waals surface area contributed by atoms with Gasteiger partial charge in [-0.3, -0.25) is 9.79 Å². The molecule has 1 aromatic carbocycles. The first-order chi connectivity index (χ1) is 11.0. The Kier molecular flexibility index (Phi) is 4.45. The minimum atomic E-state index is -0.161. The summed E-state index contributed by atoms with van der Waals surface area (Å²) in [7, 11) is 1.68. The largest absolute Gasteiger partial charge is 0.506 e. The van der Waals surface area contributed by atoms with Crippen molar-refractivity contribution in [2.75, 3.05) is 7.05 Å². The number of benzene rings is 1. The van der Waals surface area contributed by atoms with Crippen molar-refractivity contribution in [3.8, 4) is 5.75 Å². The molecule has 1 fully saturated rings. The number of guanidine groups is 1. The Morgan fingerprint density at radius 2 is 2.00 bits per heavy atom. The first kappa shape index (κ1) is 16.1. The highest BCUT2D eigenvalue weighted by Crippen LogP contribution is 2.34. The van der Waals surface area contributed by atoms with Crippen LogP contribution in [0.3, 0.4) is 0 Å². The number of rotatable bonds is 2. The number of nitrogens with one attached hydrogen (secondary N) is 3. The summed E-state index contributed by atoms with van der Waals surface area (Å²) in [4.78, 5) is 16.5. The van der Waals surface area contributed by atoms with Gasteiger partial charge in [-0.15, -0.1) is 0 Å². The highest BCUT2D eigenvalue weighted by atomic mass is 79.9. The third kappa shape index (κ3) is 3.13. The van der Waals surface area contributed by atoms with Crippen LogP contribution in [0.1, 0.15) is 5.56 Å². The quantitative estimate of drug-likeness (QED) is 0.564. The topological polar surface area (TPSA) is 85.8 Å². The van der Waals surface area contributed by atoms with Gasteiger partial charge in [0.15, 0.2) is 5.96 Å². The van der Waals surface area contributed by atoms with E-state index in [0.717, 1.165) is 11.3 Å². The molecule has 2 aliphatic rings. The van der Waals surface area contributed by atoms with Crippen LogP contribution in [0.5, 0.6) is 5.75 Å². The van der Waals surface area contributed by atoms with E-state index in [0.29, 0.717) is 26.9 Å². The average molecular weight is 442 g/mol. The molecule has 0 spiro atoms. The van der Waals surface area contributed by atoms with Crippen LogP contribution in [0.15, 0.2) is 49.6 Å². The number of phenols is 1. The van der Waals surface area contributed by atoms with E-state index in [4.69, 9.17) is 0 Å². The number of hydrogen-bond donors (Lipinski definition) is 4. The van der Waals surface area contributed by atoms with Crippen LogP contribution >= 0.6 is 31.9 Å². The summed E-state index contributed by atoms with van der Waals surface area (Å²) in [5.41, 5.74) is 2.30. The molecule has 0 radical (unpaired) electrons. The zero-order valence-corrected chi connectivity index (χ0v) is 15.3. The standard InChI is InChI=1S/C15H14Br2N4O2/c1-18-15-20-11-2-3-19-14(23)8(12(11)21-15)4-7-5-9(16)13(22)10(17)6-7/h2-3,5-6,11,22H,4H2,1H3,(H,19,23)(H2,18,20,21). The molecule has 120 valence electrons. The molecule has 1 saturated heterocycles. The van der Waals surface area contributed by atoms with Crippen molar-refractivity contribution in [2.45, 2.75) is 12.5 Å². The predicted molar refractivity (Wildman–Crippen MR) is 94.9 cm³/mol. The third-order valence-electron chi connectivity index (χ3n) is 3.64. The molecule has 1 amide bonds. The van der Waals surface area contributed by atoms with Crippen molar-refractivity contribution in [1.29, 1.82) is 0 Å². The van der Waals surface area contributed by atoms with Crippen LogP contribution in [-0.4, -0.2) is 30.1 Å². The SMILES string of the molecule is CN=C1NC2=C(Cc3cc(Br)c(O)c(Br)c3)C(=O)NC=CC2N1. The van der Waals surface area contributed by atoms with Gasteiger partial charge in [0.05, 0.1) is 20.7 Å². The fraction of sp³-hybridized carbons (Fsp3) is 0.200. The summed E-state index contributed by atoms with van der Waals surface area (Å²) in [6.07, 6.45) is 3.92. The molecule has 3 rings (SSSR count). The minimum absolute atomic E-state index is 0.119. The van der Waals surface area contributed by atoms with Crippen LogP contribution in [-0.2, 0) is 11.2 Å². The minimum Gasteiger partial charge on any atom is -0.506 e. The van der Waals surface area contributed by atoms with Gasteiger partial charge in [0.2, 0.25) is 0 Å². The van der Waals surface area contributed by atoms with Crippen LogP contribution in [0, 0.1) is 0 Å². The smallest absolute Gasteiger partial charge is 0.253 e. The lowest BCUT2D eigenvalue weighted by Gasteiger charge is -2.12. The Morgan fingerprint density at radius 1 is 1.30 bits per heavy atom. The second-order valence-corrected chi connectivity index (χ2v) is 6.84. The van der Waals surface area contributed by atoms with Gasteiger partial charge in [-0.25, -0.2) is 0 Å². The number of hydrogen-bond acceptors (Lipinski definition) is 3. The Hall–Kier alpha value is -1.80. The molecular weight excluding hydrogens is 428 g/mol. The Bertz CT molecular complexity index is 748. The molecule has 0 aromatic heterocycles. The predicted octanol–water partition coefficient (Wildman–Crippen LogP) is 1.90. The van der Waals surface area contributed by atoms with E-state index >= 15 is 0 Å². The third-order valence-corrected chi connectivity index (χ3v) is 4.85. The van der Waals surface area contributed by atoms with Gasteiger partial charge in [-0.1, -0.05) is 0 Å². The molecule has 2 heterocycles. The monoisotopic (exact) mass is 440 g/mol. The van der Waals surface area contributed by atoms with Crippen molar-refractivity contribution in [2.24, 2.45) is 4.99 Å². The van der Waals surface area contributed by atoms with Gasteiger partial charge in [-0.2, -0.15) is 0 Å². The number of aliphatic imine (C=N–C) groups is 1. The number of fused-ring (bicyclic) bond motifs is 1. The van der Waals surface area contributed by atoms with E-state index in [2.05, 4.69) is 52.8 Å². The van der Waals surface area contributed by atoms with Crippen molar-refractivity contribution in [3.05, 3.63) is 50.2 Å². The van der Waals surface area contributed by atoms with Gasteiger partial charge in [0.1, 0.15) is 5.75 Å². The maximum atomic E-state index is 12.4. The summed E-state index contributed by atoms with van der Waals surface area (Å²) < 4.78 is 1.15. The lowest BCUT2D eigenvalue weighted by atomic mass is 10.0. The first-order valence-corrected chi connectivity index (χ1v) is 8.46. The second kappa shape index (κ2) is 6.37. The van der Waals surface area contributed by atoms with Crippen molar-refractivity contribution in [1.82, 2.24) is 16.0 Å². The summed E-state index contributed by atoms with van der Waals surface area (Å²) >= 11 is 6.63. The first-order valence-electron chi connectivity index (χ1n) is 6.87. The van der Waals surface area contributed by atoms with Gasteiger partial charge in [0, 0.05) is 25.2 Å². The van der Waals surface area contributed by atoms with Crippen molar-refractivity contribution >= 4 is 43.7 Å². The molecule has 1 atom stereocenters. The van der Waals surface area contributed by atoms with Gasteiger partial charge in [0.25, 0.3) is 5.91 Å². The normalized spacial score (nSPS) is 21.6. The molecule has 0 aliphatic carbocycles. The van der Waals surface area contributed by atoms with Crippen LogP contribution < -0.4 is 16.0 Å². The Labute approximate surface area is 150 Å². The van der Waals surface area contributed by atoms with E-state index in [-0.39, 0.29) is 17.7 Å². The highest BCUT2D eigenvalue weighted by molar-refractivity contribution is 9.11. The summed E-state index contributed by atoms with van der Waals surface area (Å²) in [6.45, 7) is 0. The molecular formula is C15H14Br2N4O2. The molecule has 2 aliphatic heterocycles. The van der Waals surface area contributed by atoms with E-state index < -0.39 is 0 Å². The second-order valence-electron chi connectivity index (χ2n) is 5.13. The Morgan fingerprint density at radius 3 is 2.65 bits per heavy atom. The number of nitrogens with zero attached hydrogens (tertiary/aromatic N) is 1. The number of amides is 1. The fourth-order valence-electron chi connectivity index (χ4n) is 2.52. The van der Waals surface area contributed by atoms with Gasteiger partial charge >= 0.3 is 0 Å². The number of halogens is 2. The molecule has 8 heteroatoms.